The molecule has 1 atom stereocenters. The fourth-order valence-electron chi connectivity index (χ4n) is 4.34. The van der Waals surface area contributed by atoms with Gasteiger partial charge in [-0.3, -0.25) is 9.59 Å². The zero-order chi connectivity index (χ0) is 39.5. The summed E-state index contributed by atoms with van der Waals surface area (Å²) in [6.07, 6.45) is 15.8. The predicted octanol–water partition coefficient (Wildman–Crippen LogP) is 9.21. The number of primary amides is 1. The molecule has 0 aliphatic carbocycles. The summed E-state index contributed by atoms with van der Waals surface area (Å²) in [6, 6.07) is 8.70. The van der Waals surface area contributed by atoms with E-state index < -0.39 is 17.2 Å². The number of allylic oxidation sites excluding steroid dienone is 3. The van der Waals surface area contributed by atoms with E-state index in [9.17, 15) is 14.0 Å². The number of nitrogens with one attached hydrogen (secondary N) is 1. The number of hydrogen-bond donors (Lipinski definition) is 3. The molecule has 1 aliphatic heterocycles. The quantitative estimate of drug-likeness (QED) is 0.152. The third-order valence-corrected chi connectivity index (χ3v) is 7.17. The minimum atomic E-state index is -0.903. The molecule has 3 aromatic rings. The minimum Gasteiger partial charge on any atom is -0.485 e. The maximum Gasteiger partial charge on any atom is 0.254 e. The number of aromatic nitrogens is 1. The van der Waals surface area contributed by atoms with Crippen molar-refractivity contribution < 1.29 is 19.0 Å². The molecule has 0 fully saturated rings. The van der Waals surface area contributed by atoms with E-state index in [1.165, 1.54) is 30.0 Å². The van der Waals surface area contributed by atoms with E-state index in [-0.39, 0.29) is 35.1 Å². The summed E-state index contributed by atoms with van der Waals surface area (Å²) >= 11 is 0. The summed E-state index contributed by atoms with van der Waals surface area (Å²) in [5.41, 5.74) is 5.34. The van der Waals surface area contributed by atoms with E-state index in [1.54, 1.807) is 14.0 Å². The van der Waals surface area contributed by atoms with Crippen molar-refractivity contribution in [1.29, 1.82) is 0 Å². The van der Waals surface area contributed by atoms with Crippen LogP contribution in [0.15, 0.2) is 73.2 Å². The highest BCUT2D eigenvalue weighted by Crippen LogP contribution is 2.36. The molecule has 1 amide bonds. The molecule has 0 bridgehead atoms. The zero-order valence-electron chi connectivity index (χ0n) is 33.1. The van der Waals surface area contributed by atoms with Gasteiger partial charge in [0.2, 0.25) is 5.43 Å². The SMILES string of the molecule is C=C1/C=c2/cccc/c2=C/COc2c(NC)c(F)cc3c(=O)c(C(N)=O)cn1c23.C=CCCC=C.CC.CC.CCC(C)O.CCCCC(C)C. The van der Waals surface area contributed by atoms with Crippen molar-refractivity contribution in [2.75, 3.05) is 19.0 Å². The Morgan fingerprint density at radius 2 is 1.63 bits per heavy atom. The standard InChI is InChI=1S/C22H18FN3O3.C7H16.C6H10.C4H10O.2C2H6/c1-12-9-14-6-4-3-5-13(14)7-8-29-21-18(25-2)17(23)10-15-19(21)26(12)11-16(20(15)27)22(24)28;1-4-5-6-7(2)3;1-3-5-6-4-2;1-3-4(2)5;2*1-2/h3-7,9-11,25H,1,8H2,2H3,(H2,24,28);7H,4-6H2,1-3H3;3-4H,1-2,5-6H2;4-5H,3H2,1-2H3;2*1-2H3/b13-7-,14-9-;;;;;. The minimum absolute atomic E-state index is 0.0174. The Morgan fingerprint density at radius 1 is 1.08 bits per heavy atom. The summed E-state index contributed by atoms with van der Waals surface area (Å²) < 4.78 is 22.2. The van der Waals surface area contributed by atoms with E-state index >= 15 is 0 Å². The van der Waals surface area contributed by atoms with Crippen molar-refractivity contribution in [3.63, 3.8) is 0 Å². The smallest absolute Gasteiger partial charge is 0.254 e. The van der Waals surface area contributed by atoms with Gasteiger partial charge in [-0.05, 0) is 60.8 Å². The summed E-state index contributed by atoms with van der Waals surface area (Å²) in [5.74, 6) is -0.520. The summed E-state index contributed by atoms with van der Waals surface area (Å²) in [4.78, 5) is 24.7. The third-order valence-electron chi connectivity index (χ3n) is 7.17. The van der Waals surface area contributed by atoms with E-state index in [4.69, 9.17) is 15.6 Å². The molecule has 7 nitrogen and oxygen atoms in total. The third kappa shape index (κ3) is 16.9. The number of carbonyl (C=O) groups excluding carboxylic acids is 1. The number of anilines is 1. The molecule has 8 heteroatoms. The molecule has 1 aromatic heterocycles. The van der Waals surface area contributed by atoms with E-state index in [0.29, 0.717) is 11.2 Å². The number of aliphatic hydroxyl groups excluding tert-OH is 1. The lowest BCUT2D eigenvalue weighted by Gasteiger charge is -2.20. The molecule has 4 rings (SSSR count). The molecular formula is C43H66FN3O4. The van der Waals surface area contributed by atoms with E-state index in [1.807, 2.05) is 83.2 Å². The molecule has 0 radical (unpaired) electrons. The second-order valence-corrected chi connectivity index (χ2v) is 11.5. The summed E-state index contributed by atoms with van der Waals surface area (Å²) in [5, 5.41) is 12.9. The number of aliphatic hydroxyl groups is 1. The molecule has 0 saturated carbocycles. The normalized spacial score (nSPS) is 12.7. The van der Waals surface area contributed by atoms with E-state index in [0.717, 1.165) is 41.7 Å². The number of pyridine rings is 1. The monoisotopic (exact) mass is 708 g/mol. The van der Waals surface area contributed by atoms with Gasteiger partial charge in [-0.2, -0.15) is 0 Å². The van der Waals surface area contributed by atoms with Crippen molar-refractivity contribution in [3.05, 3.63) is 100 Å². The van der Waals surface area contributed by atoms with Crippen LogP contribution in [0, 0.1) is 11.7 Å². The second kappa shape index (κ2) is 28.3. The Kier molecular flexibility index (Phi) is 27.0. The Morgan fingerprint density at radius 3 is 2.06 bits per heavy atom. The van der Waals surface area contributed by atoms with Crippen molar-refractivity contribution in [1.82, 2.24) is 4.57 Å². The number of rotatable bonds is 9. The molecule has 1 aliphatic rings. The Hall–Kier alpha value is -4.43. The van der Waals surface area contributed by atoms with Crippen LogP contribution in [0.1, 0.15) is 111 Å². The largest absolute Gasteiger partial charge is 0.485 e. The van der Waals surface area contributed by atoms with Gasteiger partial charge >= 0.3 is 0 Å². The van der Waals surface area contributed by atoms with Gasteiger partial charge in [-0.25, -0.2) is 4.39 Å². The molecule has 2 heterocycles. The number of hydrogen-bond acceptors (Lipinski definition) is 5. The highest BCUT2D eigenvalue weighted by molar-refractivity contribution is 6.01. The van der Waals surface area contributed by atoms with Crippen LogP contribution in [0.4, 0.5) is 10.1 Å². The first-order valence-corrected chi connectivity index (χ1v) is 18.3. The average molecular weight is 708 g/mol. The fraction of sp³-hybridized carbons (Fsp3) is 0.442. The van der Waals surface area contributed by atoms with Crippen LogP contribution in [0.2, 0.25) is 0 Å². The maximum absolute atomic E-state index is 14.7. The van der Waals surface area contributed by atoms with Gasteiger partial charge in [-0.1, -0.05) is 118 Å². The van der Waals surface area contributed by atoms with Crippen molar-refractivity contribution in [2.45, 2.75) is 107 Å². The molecule has 0 spiro atoms. The lowest BCUT2D eigenvalue weighted by Crippen LogP contribution is -2.27. The topological polar surface area (TPSA) is 107 Å². The first-order chi connectivity index (χ1) is 24.4. The van der Waals surface area contributed by atoms with Crippen molar-refractivity contribution >= 4 is 40.3 Å². The van der Waals surface area contributed by atoms with Crippen molar-refractivity contribution in [2.24, 2.45) is 11.7 Å². The van der Waals surface area contributed by atoms with Crippen LogP contribution in [0.5, 0.6) is 5.75 Å². The fourth-order valence-corrected chi connectivity index (χ4v) is 4.34. The first kappa shape index (κ1) is 48.7. The van der Waals surface area contributed by atoms with Crippen LogP contribution in [-0.4, -0.2) is 35.3 Å². The molecule has 51 heavy (non-hydrogen) atoms. The second-order valence-electron chi connectivity index (χ2n) is 11.5. The summed E-state index contributed by atoms with van der Waals surface area (Å²) in [6.45, 7) is 29.9. The lowest BCUT2D eigenvalue weighted by molar-refractivity contribution is 0.0999. The molecule has 1 unspecified atom stereocenters. The van der Waals surface area contributed by atoms with Crippen LogP contribution in [0.25, 0.3) is 28.8 Å². The molecule has 4 N–H and O–H groups in total. The van der Waals surface area contributed by atoms with Crippen LogP contribution in [-0.2, 0) is 0 Å². The summed E-state index contributed by atoms with van der Waals surface area (Å²) in [7, 11) is 1.56. The van der Waals surface area contributed by atoms with Gasteiger partial charge < -0.3 is 25.5 Å². The Balaban J connectivity index is 0. The van der Waals surface area contributed by atoms with Gasteiger partial charge in [0.05, 0.1) is 11.5 Å². The Bertz CT molecular complexity index is 1670. The number of halogens is 1. The number of nitrogens with two attached hydrogens (primary N) is 1. The van der Waals surface area contributed by atoms with Gasteiger partial charge in [0.1, 0.15) is 23.4 Å². The zero-order valence-corrected chi connectivity index (χ0v) is 33.1. The van der Waals surface area contributed by atoms with Gasteiger partial charge in [0, 0.05) is 18.9 Å². The maximum atomic E-state index is 14.7. The number of carbonyl (C=O) groups is 1. The highest BCUT2D eigenvalue weighted by atomic mass is 19.1. The lowest BCUT2D eigenvalue weighted by atomic mass is 10.1. The van der Waals surface area contributed by atoms with Gasteiger partial charge in [0.25, 0.3) is 5.91 Å². The predicted molar refractivity (Wildman–Crippen MR) is 220 cm³/mol. The van der Waals surface area contributed by atoms with Gasteiger partial charge in [-0.15, -0.1) is 13.2 Å². The molecular weight excluding hydrogens is 641 g/mol. The first-order valence-electron chi connectivity index (χ1n) is 18.3. The number of benzene rings is 2. The number of ether oxygens (including phenoxy) is 1. The number of amides is 1. The number of fused-ring (bicyclic) bond motifs is 1. The number of unbranched alkanes of at least 4 members (excludes halogenated alkanes) is 2. The van der Waals surface area contributed by atoms with Crippen LogP contribution >= 0.6 is 0 Å². The number of nitrogens with zero attached hydrogens (tertiary/aromatic N) is 1. The molecule has 2 aromatic carbocycles. The van der Waals surface area contributed by atoms with Crippen LogP contribution < -0.4 is 31.7 Å². The van der Waals surface area contributed by atoms with Gasteiger partial charge in [0.15, 0.2) is 11.6 Å². The molecule has 0 saturated heterocycles. The Labute approximate surface area is 307 Å². The molecule has 284 valence electrons. The highest BCUT2D eigenvalue weighted by Gasteiger charge is 2.22. The van der Waals surface area contributed by atoms with E-state index in [2.05, 4.69) is 45.8 Å². The van der Waals surface area contributed by atoms with Crippen LogP contribution in [0.3, 0.4) is 0 Å². The van der Waals surface area contributed by atoms with Crippen molar-refractivity contribution in [3.8, 4) is 5.75 Å². The average Bonchev–Trinajstić information content (AvgIpc) is 3.13.